The van der Waals surface area contributed by atoms with E-state index in [0.29, 0.717) is 10.8 Å². The molecule has 2 atom stereocenters. The van der Waals surface area contributed by atoms with Crippen LogP contribution in [0.1, 0.15) is 19.3 Å². The highest BCUT2D eigenvalue weighted by Gasteiger charge is 2.27. The Morgan fingerprint density at radius 1 is 1.33 bits per heavy atom. The average molecular weight is 354 g/mol. The zero-order valence-electron chi connectivity index (χ0n) is 13.1. The van der Waals surface area contributed by atoms with Gasteiger partial charge in [0.05, 0.1) is 5.02 Å². The Balaban J connectivity index is 2.00. The van der Waals surface area contributed by atoms with Gasteiger partial charge >= 0.3 is 11.9 Å². The molecule has 0 amide bonds. The van der Waals surface area contributed by atoms with Gasteiger partial charge in [-0.1, -0.05) is 30.2 Å². The van der Waals surface area contributed by atoms with E-state index in [1.807, 2.05) is 0 Å². The minimum absolute atomic E-state index is 0.0385. The number of carbonyl (C=O) groups is 2. The number of ether oxygens (including phenoxy) is 2. The van der Waals surface area contributed by atoms with Crippen molar-refractivity contribution in [3.63, 3.8) is 0 Å². The molecule has 0 radical (unpaired) electrons. The lowest BCUT2D eigenvalue weighted by Crippen LogP contribution is -2.47. The number of benzene rings is 1. The third-order valence-electron chi connectivity index (χ3n) is 3.67. The van der Waals surface area contributed by atoms with E-state index in [2.05, 4.69) is 5.32 Å². The number of carbonyl (C=O) groups excluding carboxylic acids is 1. The molecule has 0 aliphatic carbocycles. The third kappa shape index (κ3) is 5.86. The van der Waals surface area contributed by atoms with Crippen molar-refractivity contribution in [3.8, 4) is 5.75 Å². The van der Waals surface area contributed by atoms with E-state index in [4.69, 9.17) is 26.2 Å². The summed E-state index contributed by atoms with van der Waals surface area (Å²) in [5, 5.41) is 12.4. The SMILES string of the molecule is O=C(O)/C=C/C(=O)OC(COc1ccccc1Cl)C1CCCCN1. The topological polar surface area (TPSA) is 84.9 Å². The molecular formula is C17H20ClNO5. The monoisotopic (exact) mass is 353 g/mol. The highest BCUT2D eigenvalue weighted by atomic mass is 35.5. The van der Waals surface area contributed by atoms with Gasteiger partial charge in [0.25, 0.3) is 0 Å². The Hall–Kier alpha value is -2.05. The summed E-state index contributed by atoms with van der Waals surface area (Å²) in [6.07, 6.45) is 4.07. The largest absolute Gasteiger partial charge is 0.488 e. The van der Waals surface area contributed by atoms with Crippen molar-refractivity contribution in [2.24, 2.45) is 0 Å². The molecule has 7 heteroatoms. The van der Waals surface area contributed by atoms with Crippen LogP contribution in [0.4, 0.5) is 0 Å². The third-order valence-corrected chi connectivity index (χ3v) is 3.98. The van der Waals surface area contributed by atoms with Crippen molar-refractivity contribution in [1.29, 1.82) is 0 Å². The van der Waals surface area contributed by atoms with Crippen LogP contribution in [0.3, 0.4) is 0 Å². The van der Waals surface area contributed by atoms with Gasteiger partial charge in [0.1, 0.15) is 12.4 Å². The molecule has 0 spiro atoms. The fraction of sp³-hybridized carbons (Fsp3) is 0.412. The molecule has 6 nitrogen and oxygen atoms in total. The van der Waals surface area contributed by atoms with E-state index in [-0.39, 0.29) is 12.6 Å². The summed E-state index contributed by atoms with van der Waals surface area (Å²) < 4.78 is 11.1. The van der Waals surface area contributed by atoms with Crippen LogP contribution in [-0.4, -0.2) is 42.3 Å². The lowest BCUT2D eigenvalue weighted by Gasteiger charge is -2.30. The van der Waals surface area contributed by atoms with Crippen LogP contribution >= 0.6 is 11.6 Å². The molecule has 2 N–H and O–H groups in total. The molecule has 0 aromatic heterocycles. The summed E-state index contributed by atoms with van der Waals surface area (Å²) in [6.45, 7) is 0.976. The quantitative estimate of drug-likeness (QED) is 0.578. The van der Waals surface area contributed by atoms with Crippen LogP contribution < -0.4 is 10.1 Å². The Bertz CT molecular complexity index is 598. The van der Waals surface area contributed by atoms with Gasteiger partial charge in [0, 0.05) is 18.2 Å². The van der Waals surface area contributed by atoms with E-state index in [1.54, 1.807) is 24.3 Å². The number of esters is 1. The number of para-hydroxylation sites is 1. The van der Waals surface area contributed by atoms with E-state index in [9.17, 15) is 9.59 Å². The van der Waals surface area contributed by atoms with Crippen LogP contribution in [0.5, 0.6) is 5.75 Å². The molecule has 1 saturated heterocycles. The molecule has 1 aromatic rings. The van der Waals surface area contributed by atoms with Crippen molar-refractivity contribution in [3.05, 3.63) is 41.4 Å². The lowest BCUT2D eigenvalue weighted by molar-refractivity contribution is -0.147. The number of piperidine rings is 1. The standard InChI is InChI=1S/C17H20ClNO5/c18-12-5-1-2-7-14(12)23-11-15(13-6-3-4-10-19-13)24-17(22)9-8-16(20)21/h1-2,5,7-9,13,15,19H,3-4,6,10-11H2,(H,20,21)/b9-8+. The van der Waals surface area contributed by atoms with Gasteiger partial charge in [-0.05, 0) is 31.5 Å². The number of carboxylic acid groups (broad SMARTS) is 1. The number of rotatable bonds is 7. The molecular weight excluding hydrogens is 334 g/mol. The first-order valence-corrected chi connectivity index (χ1v) is 8.16. The number of halogens is 1. The van der Waals surface area contributed by atoms with Crippen LogP contribution in [-0.2, 0) is 14.3 Å². The van der Waals surface area contributed by atoms with E-state index in [0.717, 1.165) is 38.0 Å². The number of hydrogen-bond acceptors (Lipinski definition) is 5. The average Bonchev–Trinajstić information content (AvgIpc) is 2.59. The Labute approximate surface area is 145 Å². The van der Waals surface area contributed by atoms with Crippen molar-refractivity contribution < 1.29 is 24.2 Å². The van der Waals surface area contributed by atoms with Gasteiger partial charge < -0.3 is 19.9 Å². The second-order valence-corrected chi connectivity index (χ2v) is 5.85. The summed E-state index contributed by atoms with van der Waals surface area (Å²) in [5.74, 6) is -1.40. The first-order valence-electron chi connectivity index (χ1n) is 7.78. The smallest absolute Gasteiger partial charge is 0.331 e. The maximum absolute atomic E-state index is 11.8. The molecule has 2 rings (SSSR count). The van der Waals surface area contributed by atoms with E-state index in [1.165, 1.54) is 0 Å². The fourth-order valence-electron chi connectivity index (χ4n) is 2.49. The normalized spacial score (nSPS) is 19.0. The van der Waals surface area contributed by atoms with Gasteiger partial charge in [0.2, 0.25) is 0 Å². The van der Waals surface area contributed by atoms with Crippen LogP contribution in [0, 0.1) is 0 Å². The molecule has 0 bridgehead atoms. The molecule has 24 heavy (non-hydrogen) atoms. The van der Waals surface area contributed by atoms with Gasteiger partial charge in [-0.3, -0.25) is 0 Å². The summed E-state index contributed by atoms with van der Waals surface area (Å²) in [7, 11) is 0. The molecule has 1 aromatic carbocycles. The minimum Gasteiger partial charge on any atom is -0.488 e. The Kier molecular flexibility index (Phi) is 7.08. The molecule has 1 heterocycles. The maximum Gasteiger partial charge on any atom is 0.331 e. The van der Waals surface area contributed by atoms with E-state index >= 15 is 0 Å². The predicted octanol–water partition coefficient (Wildman–Crippen LogP) is 2.41. The van der Waals surface area contributed by atoms with Gasteiger partial charge in [-0.25, -0.2) is 9.59 Å². The van der Waals surface area contributed by atoms with Crippen LogP contribution in [0.2, 0.25) is 5.02 Å². The zero-order valence-corrected chi connectivity index (χ0v) is 13.9. The first-order chi connectivity index (χ1) is 11.6. The summed E-state index contributed by atoms with van der Waals surface area (Å²) >= 11 is 6.06. The molecule has 1 aliphatic heterocycles. The number of aliphatic carboxylic acids is 1. The fourth-order valence-corrected chi connectivity index (χ4v) is 2.68. The van der Waals surface area contributed by atoms with Crippen LogP contribution in [0.15, 0.2) is 36.4 Å². The highest BCUT2D eigenvalue weighted by Crippen LogP contribution is 2.24. The van der Waals surface area contributed by atoms with Gasteiger partial charge in [0.15, 0.2) is 6.10 Å². The summed E-state index contributed by atoms with van der Waals surface area (Å²) in [5.41, 5.74) is 0. The summed E-state index contributed by atoms with van der Waals surface area (Å²) in [4.78, 5) is 22.3. The van der Waals surface area contributed by atoms with Gasteiger partial charge in [-0.15, -0.1) is 0 Å². The highest BCUT2D eigenvalue weighted by molar-refractivity contribution is 6.32. The second-order valence-electron chi connectivity index (χ2n) is 5.44. The second kappa shape index (κ2) is 9.30. The first kappa shape index (κ1) is 18.3. The molecule has 130 valence electrons. The van der Waals surface area contributed by atoms with Gasteiger partial charge in [-0.2, -0.15) is 0 Å². The minimum atomic E-state index is -1.20. The van der Waals surface area contributed by atoms with Crippen LogP contribution in [0.25, 0.3) is 0 Å². The predicted molar refractivity (Wildman–Crippen MR) is 89.2 cm³/mol. The number of hydrogen-bond donors (Lipinski definition) is 2. The number of carboxylic acids is 1. The van der Waals surface area contributed by atoms with E-state index < -0.39 is 18.0 Å². The van der Waals surface area contributed by atoms with Crippen molar-refractivity contribution in [1.82, 2.24) is 5.32 Å². The Morgan fingerprint density at radius 2 is 2.12 bits per heavy atom. The van der Waals surface area contributed by atoms with Crippen molar-refractivity contribution in [2.45, 2.75) is 31.4 Å². The molecule has 1 aliphatic rings. The molecule has 2 unspecified atom stereocenters. The van der Waals surface area contributed by atoms with Crippen molar-refractivity contribution in [2.75, 3.05) is 13.2 Å². The summed E-state index contributed by atoms with van der Waals surface area (Å²) in [6, 6.07) is 7.01. The zero-order chi connectivity index (χ0) is 17.4. The number of nitrogens with one attached hydrogen (secondary N) is 1. The maximum atomic E-state index is 11.8. The molecule has 0 saturated carbocycles. The Morgan fingerprint density at radius 3 is 2.79 bits per heavy atom. The molecule has 1 fully saturated rings. The van der Waals surface area contributed by atoms with Crippen molar-refractivity contribution >= 4 is 23.5 Å². The lowest BCUT2D eigenvalue weighted by atomic mass is 10.00.